The van der Waals surface area contributed by atoms with Gasteiger partial charge in [-0.2, -0.15) is 10.3 Å². The number of hydrogen-bond acceptors (Lipinski definition) is 11. The van der Waals surface area contributed by atoms with Crippen LogP contribution in [0, 0.1) is 5.21 Å². The van der Waals surface area contributed by atoms with E-state index in [4.69, 9.17) is 16.8 Å². The van der Waals surface area contributed by atoms with Crippen LogP contribution in [0.15, 0.2) is 52.4 Å². The molecule has 3 aromatic rings. The van der Waals surface area contributed by atoms with Crippen LogP contribution in [0.2, 0.25) is 0 Å². The maximum absolute atomic E-state index is 13.1. The molecule has 8 N–H and O–H groups in total. The molecule has 1 heterocycles. The lowest BCUT2D eigenvalue weighted by molar-refractivity contribution is -0.991. The van der Waals surface area contributed by atoms with Gasteiger partial charge in [-0.15, -0.1) is 0 Å². The van der Waals surface area contributed by atoms with Crippen molar-refractivity contribution in [2.45, 2.75) is 5.92 Å². The fourth-order valence-corrected chi connectivity index (χ4v) is 3.28. The number of methoxy groups -OCH3 is 1. The van der Waals surface area contributed by atoms with Crippen molar-refractivity contribution < 1.29 is 34.3 Å². The molecule has 0 aliphatic carbocycles. The normalized spacial score (nSPS) is 13.0. The predicted octanol–water partition coefficient (Wildman–Crippen LogP) is -1.80. The molecule has 15 heteroatoms. The molecule has 0 fully saturated rings. The Balaban J connectivity index is 2.14. The number of hydrogen-bond donors (Lipinski definition) is 6. The Labute approximate surface area is 200 Å². The zero-order valence-electron chi connectivity index (χ0n) is 18.5. The molecule has 0 radical (unpaired) electrons. The van der Waals surface area contributed by atoms with Crippen LogP contribution in [0.4, 0.5) is 11.4 Å². The topological polar surface area (TPSA) is 247 Å². The molecule has 0 aliphatic rings. The molecule has 36 heavy (non-hydrogen) atoms. The molecule has 186 valence electrons. The first-order valence-electron chi connectivity index (χ1n) is 9.96. The summed E-state index contributed by atoms with van der Waals surface area (Å²) in [6.45, 7) is 0. The highest BCUT2D eigenvalue weighted by molar-refractivity contribution is 6.54. The number of nitrogens with two attached hydrogens (primary N) is 2. The Morgan fingerprint density at radius 3 is 2.53 bits per heavy atom. The molecule has 2 amide bonds. The average molecular weight is 497 g/mol. The number of amides is 2. The molecule has 2 unspecified atom stereocenters. The predicted molar refractivity (Wildman–Crippen MR) is 123 cm³/mol. The van der Waals surface area contributed by atoms with Crippen LogP contribution < -0.4 is 27.7 Å². The van der Waals surface area contributed by atoms with Gasteiger partial charge in [-0.25, -0.2) is 15.0 Å². The minimum absolute atomic E-state index is 0.0130. The van der Waals surface area contributed by atoms with E-state index in [1.807, 2.05) is 0 Å². The standard InChI is InChI=1S/C21H19N7O8/c1-36-21(33)17(29)14(15-19(31)26-13-8-9(28(34)35)6-7-12(13)24-15)16(27-23)20(32)25-11-5-3-2-4-10(11)18(22)30/h2-8,14,28,34H,23H2,1H3,(H2,22,30)(H,25,32)(H,26,31)/b27-16-. The van der Waals surface area contributed by atoms with Gasteiger partial charge >= 0.3 is 5.97 Å². The Hall–Kier alpha value is -4.99. The number of hydrazone groups is 1. The number of carbonyl (C=O) groups is 4. The summed E-state index contributed by atoms with van der Waals surface area (Å²) >= 11 is 0. The van der Waals surface area contributed by atoms with Crippen molar-refractivity contribution in [1.82, 2.24) is 9.97 Å². The first-order valence-corrected chi connectivity index (χ1v) is 9.96. The third-order valence-electron chi connectivity index (χ3n) is 4.97. The summed E-state index contributed by atoms with van der Waals surface area (Å²) in [6.07, 6.45) is 0. The van der Waals surface area contributed by atoms with Crippen molar-refractivity contribution in [3.63, 3.8) is 0 Å². The summed E-state index contributed by atoms with van der Waals surface area (Å²) in [7, 11) is 0.908. The molecular formula is C21H19N7O8. The molecule has 2 aromatic carbocycles. The molecule has 15 nitrogen and oxygen atoms in total. The number of nitrogens with zero attached hydrogens (tertiary/aromatic N) is 2. The number of benzene rings is 2. The van der Waals surface area contributed by atoms with Gasteiger partial charge in [0.15, 0.2) is 5.69 Å². The van der Waals surface area contributed by atoms with E-state index in [2.05, 4.69) is 25.1 Å². The maximum Gasteiger partial charge on any atom is 0.375 e. The summed E-state index contributed by atoms with van der Waals surface area (Å²) in [4.78, 5) is 69.0. The van der Waals surface area contributed by atoms with Crippen molar-refractivity contribution in [2.75, 3.05) is 12.4 Å². The van der Waals surface area contributed by atoms with E-state index in [1.165, 1.54) is 36.4 Å². The Kier molecular flexibility index (Phi) is 7.49. The van der Waals surface area contributed by atoms with E-state index in [9.17, 15) is 29.2 Å². The lowest BCUT2D eigenvalue weighted by Crippen LogP contribution is -2.99. The van der Waals surface area contributed by atoms with E-state index >= 15 is 0 Å². The van der Waals surface area contributed by atoms with Gasteiger partial charge in [0.25, 0.3) is 23.2 Å². The van der Waals surface area contributed by atoms with Crippen molar-refractivity contribution >= 4 is 51.7 Å². The van der Waals surface area contributed by atoms with Crippen LogP contribution in [0.5, 0.6) is 0 Å². The SMILES string of the molecule is COC(=O)C(=O)C(/C(=N/N)C(=O)Nc1ccccc1C(N)=O)c1nc2ccc([NH+]([O-])O)cc2[nH]c1=O. The zero-order valence-corrected chi connectivity index (χ0v) is 18.5. The monoisotopic (exact) mass is 497 g/mol. The Bertz CT molecular complexity index is 1460. The van der Waals surface area contributed by atoms with Gasteiger partial charge in [-0.05, 0) is 18.2 Å². The number of anilines is 1. The molecule has 2 atom stereocenters. The molecule has 0 spiro atoms. The molecule has 0 bridgehead atoms. The van der Waals surface area contributed by atoms with E-state index in [0.717, 1.165) is 13.2 Å². The molecule has 1 aromatic heterocycles. The number of quaternary nitrogens is 1. The number of rotatable bonds is 8. The van der Waals surface area contributed by atoms with Gasteiger partial charge in [0.2, 0.25) is 0 Å². The van der Waals surface area contributed by atoms with Gasteiger partial charge < -0.3 is 31.8 Å². The number of Topliss-reactive ketones (excluding diaryl/α,β-unsaturated/α-hetero) is 1. The second kappa shape index (κ2) is 10.5. The molecular weight excluding hydrogens is 478 g/mol. The lowest BCUT2D eigenvalue weighted by Gasteiger charge is -2.17. The summed E-state index contributed by atoms with van der Waals surface area (Å²) in [5.74, 6) is -1.46. The number of aromatic nitrogens is 2. The highest BCUT2D eigenvalue weighted by atomic mass is 16.8. The highest BCUT2D eigenvalue weighted by Crippen LogP contribution is 2.21. The first-order chi connectivity index (χ1) is 17.1. The third kappa shape index (κ3) is 5.07. The van der Waals surface area contributed by atoms with Crippen molar-refractivity contribution in [3.05, 3.63) is 69.3 Å². The summed E-state index contributed by atoms with van der Waals surface area (Å²) in [6, 6.07) is 9.23. The van der Waals surface area contributed by atoms with Crippen LogP contribution in [-0.4, -0.2) is 51.6 Å². The molecule has 0 saturated heterocycles. The lowest BCUT2D eigenvalue weighted by atomic mass is 9.93. The van der Waals surface area contributed by atoms with Crippen molar-refractivity contribution in [3.8, 4) is 0 Å². The first kappa shape index (κ1) is 25.6. The van der Waals surface area contributed by atoms with Crippen LogP contribution >= 0.6 is 0 Å². The minimum Gasteiger partial charge on any atom is -0.595 e. The molecule has 3 rings (SSSR count). The number of nitrogens with one attached hydrogen (secondary N) is 3. The van der Waals surface area contributed by atoms with Gasteiger partial charge in [0.05, 0.1) is 29.4 Å². The second-order valence-corrected chi connectivity index (χ2v) is 7.16. The molecule has 0 saturated carbocycles. The number of ketones is 1. The van der Waals surface area contributed by atoms with Crippen LogP contribution in [0.25, 0.3) is 11.0 Å². The van der Waals surface area contributed by atoms with Gasteiger partial charge in [-0.3, -0.25) is 19.2 Å². The average Bonchev–Trinajstić information content (AvgIpc) is 2.85. The largest absolute Gasteiger partial charge is 0.595 e. The summed E-state index contributed by atoms with van der Waals surface area (Å²) < 4.78 is 4.44. The van der Waals surface area contributed by atoms with E-state index < -0.39 is 51.7 Å². The second-order valence-electron chi connectivity index (χ2n) is 7.16. The van der Waals surface area contributed by atoms with Gasteiger partial charge in [0.1, 0.15) is 17.3 Å². The fraction of sp³-hybridized carbons (Fsp3) is 0.0952. The number of primary amides is 1. The van der Waals surface area contributed by atoms with Crippen molar-refractivity contribution in [1.29, 1.82) is 0 Å². The Morgan fingerprint density at radius 1 is 1.22 bits per heavy atom. The number of aromatic amines is 1. The van der Waals surface area contributed by atoms with Crippen LogP contribution in [0.3, 0.4) is 0 Å². The quantitative estimate of drug-likeness (QED) is 0.0670. The van der Waals surface area contributed by atoms with E-state index in [0.29, 0.717) is 0 Å². The van der Waals surface area contributed by atoms with Gasteiger partial charge in [0, 0.05) is 12.1 Å². The highest BCUT2D eigenvalue weighted by Gasteiger charge is 2.39. The third-order valence-corrected chi connectivity index (χ3v) is 4.97. The Morgan fingerprint density at radius 2 is 1.92 bits per heavy atom. The number of ether oxygens (including phenoxy) is 1. The molecule has 0 aliphatic heterocycles. The smallest absolute Gasteiger partial charge is 0.375 e. The maximum atomic E-state index is 13.1. The number of para-hydroxylation sites is 1. The number of fused-ring (bicyclic) bond motifs is 1. The van der Waals surface area contributed by atoms with E-state index in [1.54, 1.807) is 0 Å². The number of carbonyl (C=O) groups excluding carboxylic acids is 4. The number of H-pyrrole nitrogens is 1. The summed E-state index contributed by atoms with van der Waals surface area (Å²) in [5, 5.41) is 24.7. The fourth-order valence-electron chi connectivity index (χ4n) is 3.28. The van der Waals surface area contributed by atoms with Crippen molar-refractivity contribution in [2.24, 2.45) is 16.7 Å². The number of esters is 1. The summed E-state index contributed by atoms with van der Waals surface area (Å²) in [5.41, 5.74) is 2.61. The zero-order chi connectivity index (χ0) is 26.6. The minimum atomic E-state index is -2.02. The van der Waals surface area contributed by atoms with Crippen LogP contribution in [0.1, 0.15) is 22.0 Å². The van der Waals surface area contributed by atoms with Crippen LogP contribution in [-0.2, 0) is 19.1 Å². The van der Waals surface area contributed by atoms with E-state index in [-0.39, 0.29) is 28.0 Å². The van der Waals surface area contributed by atoms with Gasteiger partial charge in [-0.1, -0.05) is 12.1 Å².